The number of nitrogens with two attached hydrogens (primary N) is 1. The van der Waals surface area contributed by atoms with Gasteiger partial charge in [0.1, 0.15) is 0 Å². The number of piperidine rings is 1. The Hall–Kier alpha value is -0.450. The van der Waals surface area contributed by atoms with Crippen molar-refractivity contribution in [2.24, 2.45) is 5.73 Å². The van der Waals surface area contributed by atoms with Crippen LogP contribution >= 0.6 is 11.3 Å². The number of thiazole rings is 1. The van der Waals surface area contributed by atoms with Crippen molar-refractivity contribution < 1.29 is 0 Å². The lowest BCUT2D eigenvalue weighted by atomic mass is 10.0. The molecule has 2 atom stereocenters. The minimum absolute atomic E-state index is 0.393. The first-order chi connectivity index (χ1) is 7.79. The summed E-state index contributed by atoms with van der Waals surface area (Å²) in [5, 5.41) is 6.98. The maximum Gasteiger partial charge on any atom is 0.0943 e. The molecule has 1 fully saturated rings. The second-order valence-corrected chi connectivity index (χ2v) is 5.60. The Balaban J connectivity index is 1.91. The summed E-state index contributed by atoms with van der Waals surface area (Å²) in [4.78, 5) is 4.67. The monoisotopic (exact) mass is 239 g/mol. The third kappa shape index (κ3) is 3.03. The molecule has 1 aliphatic heterocycles. The fourth-order valence-corrected chi connectivity index (χ4v) is 3.07. The predicted molar refractivity (Wildman–Crippen MR) is 68.9 cm³/mol. The Morgan fingerprint density at radius 2 is 2.50 bits per heavy atom. The topological polar surface area (TPSA) is 50.9 Å². The Labute approximate surface area is 101 Å². The second kappa shape index (κ2) is 5.75. The lowest BCUT2D eigenvalue weighted by Gasteiger charge is -2.22. The quantitative estimate of drug-likeness (QED) is 0.843. The van der Waals surface area contributed by atoms with Crippen LogP contribution in [0.25, 0.3) is 0 Å². The second-order valence-electron chi connectivity index (χ2n) is 4.65. The first-order valence-corrected chi connectivity index (χ1v) is 7.05. The summed E-state index contributed by atoms with van der Waals surface area (Å²) in [6.07, 6.45) is 5.06. The van der Waals surface area contributed by atoms with Crippen LogP contribution in [0.5, 0.6) is 0 Å². The maximum absolute atomic E-state index is 5.65. The molecule has 3 N–H and O–H groups in total. The number of hydrogen-bond donors (Lipinski definition) is 2. The van der Waals surface area contributed by atoms with Crippen LogP contribution in [0, 0.1) is 0 Å². The van der Waals surface area contributed by atoms with Crippen LogP contribution in [0.4, 0.5) is 0 Å². The Morgan fingerprint density at radius 3 is 3.19 bits per heavy atom. The number of nitrogens with zero attached hydrogens (tertiary/aromatic N) is 1. The van der Waals surface area contributed by atoms with Crippen molar-refractivity contribution in [2.75, 3.05) is 13.1 Å². The minimum Gasteiger partial charge on any atom is -0.330 e. The Kier molecular flexibility index (Phi) is 4.32. The highest BCUT2D eigenvalue weighted by Crippen LogP contribution is 2.20. The van der Waals surface area contributed by atoms with Crippen molar-refractivity contribution in [3.8, 4) is 0 Å². The van der Waals surface area contributed by atoms with Gasteiger partial charge in [0, 0.05) is 30.3 Å². The van der Waals surface area contributed by atoms with Crippen LogP contribution in [0.15, 0.2) is 5.38 Å². The van der Waals surface area contributed by atoms with Gasteiger partial charge in [0.05, 0.1) is 10.7 Å². The van der Waals surface area contributed by atoms with E-state index in [9.17, 15) is 0 Å². The largest absolute Gasteiger partial charge is 0.330 e. The van der Waals surface area contributed by atoms with Gasteiger partial charge in [-0.15, -0.1) is 11.3 Å². The van der Waals surface area contributed by atoms with Crippen molar-refractivity contribution in [1.29, 1.82) is 0 Å². The predicted octanol–water partition coefficient (Wildman–Crippen LogP) is 1.89. The van der Waals surface area contributed by atoms with Crippen LogP contribution in [0.1, 0.15) is 42.8 Å². The standard InChI is InChI=1S/C12H21N3S/c1-9(7-13)11-8-16-12(15-11)6-10-4-2-3-5-14-10/h8-10,14H,2-7,13H2,1H3. The van der Waals surface area contributed by atoms with E-state index < -0.39 is 0 Å². The van der Waals surface area contributed by atoms with Crippen LogP contribution in [0.3, 0.4) is 0 Å². The molecule has 0 bridgehead atoms. The molecule has 1 saturated heterocycles. The third-order valence-corrected chi connectivity index (χ3v) is 4.15. The smallest absolute Gasteiger partial charge is 0.0943 e. The van der Waals surface area contributed by atoms with Crippen molar-refractivity contribution in [3.05, 3.63) is 16.1 Å². The van der Waals surface area contributed by atoms with Crippen molar-refractivity contribution in [3.63, 3.8) is 0 Å². The van der Waals surface area contributed by atoms with Crippen molar-refractivity contribution >= 4 is 11.3 Å². The van der Waals surface area contributed by atoms with E-state index in [-0.39, 0.29) is 0 Å². The molecule has 3 nitrogen and oxygen atoms in total. The zero-order valence-corrected chi connectivity index (χ0v) is 10.7. The summed E-state index contributed by atoms with van der Waals surface area (Å²) >= 11 is 1.78. The molecule has 16 heavy (non-hydrogen) atoms. The first kappa shape index (κ1) is 12.0. The van der Waals surface area contributed by atoms with Gasteiger partial charge in [-0.05, 0) is 19.4 Å². The average molecular weight is 239 g/mol. The van der Waals surface area contributed by atoms with Gasteiger partial charge in [-0.25, -0.2) is 4.98 Å². The fraction of sp³-hybridized carbons (Fsp3) is 0.750. The van der Waals surface area contributed by atoms with Gasteiger partial charge >= 0.3 is 0 Å². The van der Waals surface area contributed by atoms with Crippen LogP contribution in [0.2, 0.25) is 0 Å². The van der Waals surface area contributed by atoms with E-state index in [4.69, 9.17) is 5.73 Å². The molecule has 1 aromatic rings. The lowest BCUT2D eigenvalue weighted by molar-refractivity contribution is 0.399. The summed E-state index contributed by atoms with van der Waals surface area (Å²) in [6, 6.07) is 0.640. The highest BCUT2D eigenvalue weighted by Gasteiger charge is 2.15. The molecule has 0 amide bonds. The molecule has 4 heteroatoms. The van der Waals surface area contributed by atoms with E-state index >= 15 is 0 Å². The van der Waals surface area contributed by atoms with Crippen LogP contribution < -0.4 is 11.1 Å². The van der Waals surface area contributed by atoms with Gasteiger partial charge in [0.2, 0.25) is 0 Å². The molecule has 2 unspecified atom stereocenters. The molecular weight excluding hydrogens is 218 g/mol. The molecule has 0 spiro atoms. The van der Waals surface area contributed by atoms with Gasteiger partial charge in [-0.2, -0.15) is 0 Å². The molecule has 0 aromatic carbocycles. The van der Waals surface area contributed by atoms with Crippen molar-refractivity contribution in [2.45, 2.75) is 44.6 Å². The van der Waals surface area contributed by atoms with Gasteiger partial charge in [-0.1, -0.05) is 13.3 Å². The van der Waals surface area contributed by atoms with E-state index in [1.807, 2.05) is 0 Å². The van der Waals surface area contributed by atoms with Gasteiger partial charge < -0.3 is 11.1 Å². The maximum atomic E-state index is 5.65. The van der Waals surface area contributed by atoms with E-state index in [0.29, 0.717) is 18.5 Å². The van der Waals surface area contributed by atoms with Gasteiger partial charge in [-0.3, -0.25) is 0 Å². The van der Waals surface area contributed by atoms with Gasteiger partial charge in [0.15, 0.2) is 0 Å². The number of rotatable bonds is 4. The normalized spacial score (nSPS) is 23.2. The van der Waals surface area contributed by atoms with E-state index in [2.05, 4.69) is 22.6 Å². The van der Waals surface area contributed by atoms with E-state index in [1.165, 1.54) is 36.5 Å². The Morgan fingerprint density at radius 1 is 1.62 bits per heavy atom. The lowest BCUT2D eigenvalue weighted by Crippen LogP contribution is -2.35. The molecule has 90 valence electrons. The molecular formula is C12H21N3S. The van der Waals surface area contributed by atoms with Gasteiger partial charge in [0.25, 0.3) is 0 Å². The third-order valence-electron chi connectivity index (χ3n) is 3.26. The summed E-state index contributed by atoms with van der Waals surface area (Å²) in [5.74, 6) is 0.393. The minimum atomic E-state index is 0.393. The summed E-state index contributed by atoms with van der Waals surface area (Å²) in [7, 11) is 0. The zero-order chi connectivity index (χ0) is 11.4. The molecule has 1 aromatic heterocycles. The highest BCUT2D eigenvalue weighted by atomic mass is 32.1. The van der Waals surface area contributed by atoms with E-state index in [0.717, 1.165) is 6.42 Å². The first-order valence-electron chi connectivity index (χ1n) is 6.17. The van der Waals surface area contributed by atoms with Crippen molar-refractivity contribution in [1.82, 2.24) is 10.3 Å². The fourth-order valence-electron chi connectivity index (χ4n) is 2.07. The van der Waals surface area contributed by atoms with E-state index in [1.54, 1.807) is 11.3 Å². The number of hydrogen-bond acceptors (Lipinski definition) is 4. The SMILES string of the molecule is CC(CN)c1csc(CC2CCCCN2)n1. The van der Waals surface area contributed by atoms with Crippen LogP contribution in [-0.2, 0) is 6.42 Å². The molecule has 0 radical (unpaired) electrons. The van der Waals surface area contributed by atoms with Crippen LogP contribution in [-0.4, -0.2) is 24.1 Å². The number of aromatic nitrogens is 1. The Bertz CT molecular complexity index is 318. The molecule has 2 heterocycles. The summed E-state index contributed by atoms with van der Waals surface area (Å²) in [5.41, 5.74) is 6.81. The molecule has 1 aliphatic rings. The summed E-state index contributed by atoms with van der Waals surface area (Å²) in [6.45, 7) is 3.99. The summed E-state index contributed by atoms with van der Waals surface area (Å²) < 4.78 is 0. The zero-order valence-electron chi connectivity index (χ0n) is 9.91. The molecule has 0 saturated carbocycles. The highest BCUT2D eigenvalue weighted by molar-refractivity contribution is 7.09. The number of nitrogens with one attached hydrogen (secondary N) is 1. The average Bonchev–Trinajstić information content (AvgIpc) is 2.78. The molecule has 0 aliphatic carbocycles. The molecule has 2 rings (SSSR count).